The summed E-state index contributed by atoms with van der Waals surface area (Å²) in [5, 5.41) is 0. The summed E-state index contributed by atoms with van der Waals surface area (Å²) in [5.74, 6) is 0.0768. The minimum atomic E-state index is -2.32. The van der Waals surface area contributed by atoms with Gasteiger partial charge in [0.05, 0.1) is 38.8 Å². The highest BCUT2D eigenvalue weighted by Crippen LogP contribution is 1.79. The van der Waals surface area contributed by atoms with Gasteiger partial charge in [-0.2, -0.15) is 0 Å². The van der Waals surface area contributed by atoms with Gasteiger partial charge in [-0.1, -0.05) is 0 Å². The van der Waals surface area contributed by atoms with Gasteiger partial charge in [0.2, 0.25) is 0 Å². The van der Waals surface area contributed by atoms with E-state index in [4.69, 9.17) is 14.2 Å². The summed E-state index contributed by atoms with van der Waals surface area (Å²) in [6.07, 6.45) is 0. The molecule has 0 unspecified atom stereocenters. The van der Waals surface area contributed by atoms with Gasteiger partial charge in [0.25, 0.3) is 0 Å². The van der Waals surface area contributed by atoms with Crippen LogP contribution in [0.1, 0.15) is 0 Å². The van der Waals surface area contributed by atoms with Crippen molar-refractivity contribution in [2.45, 2.75) is 0 Å². The second-order valence-electron chi connectivity index (χ2n) is 2.27. The second kappa shape index (κ2) is 9.91. The van der Waals surface area contributed by atoms with Gasteiger partial charge in [0.1, 0.15) is 10.7 Å². The number of methoxy groups -OCH3 is 1. The van der Waals surface area contributed by atoms with E-state index in [1.807, 2.05) is 0 Å². The van der Waals surface area contributed by atoms with E-state index in [1.165, 1.54) is 0 Å². The van der Waals surface area contributed by atoms with Crippen LogP contribution in [-0.2, 0) is 24.9 Å². The Morgan fingerprint density at radius 1 is 0.923 bits per heavy atom. The molecule has 0 spiro atoms. The van der Waals surface area contributed by atoms with Gasteiger partial charge >= 0.3 is 0 Å². The molecule has 0 aliphatic heterocycles. The summed E-state index contributed by atoms with van der Waals surface area (Å²) in [6.45, 7) is 2.24. The number of ether oxygens (including phenoxy) is 3. The van der Waals surface area contributed by atoms with Gasteiger partial charge in [-0.25, -0.2) is 8.42 Å². The molecule has 80 valence electrons. The van der Waals surface area contributed by atoms with E-state index in [2.05, 4.69) is 0 Å². The van der Waals surface area contributed by atoms with Crippen molar-refractivity contribution in [1.82, 2.24) is 0 Å². The summed E-state index contributed by atoms with van der Waals surface area (Å²) < 4.78 is 35.0. The Labute approximate surface area is 79.9 Å². The van der Waals surface area contributed by atoms with Crippen LogP contribution in [0.3, 0.4) is 0 Å². The van der Waals surface area contributed by atoms with Crippen molar-refractivity contribution in [3.63, 3.8) is 0 Å². The zero-order valence-electron chi connectivity index (χ0n) is 7.73. The van der Waals surface area contributed by atoms with Gasteiger partial charge in [-0.3, -0.25) is 0 Å². The Morgan fingerprint density at radius 2 is 1.46 bits per heavy atom. The quantitative estimate of drug-likeness (QED) is 0.403. The van der Waals surface area contributed by atoms with Crippen molar-refractivity contribution in [3.05, 3.63) is 0 Å². The molecule has 0 radical (unpaired) electrons. The van der Waals surface area contributed by atoms with Crippen molar-refractivity contribution in [1.29, 1.82) is 0 Å². The van der Waals surface area contributed by atoms with E-state index in [-0.39, 0.29) is 12.4 Å². The molecular formula is C7H16O5S. The molecule has 0 aliphatic carbocycles. The highest BCUT2D eigenvalue weighted by atomic mass is 32.2. The molecule has 0 atom stereocenters. The standard InChI is InChI=1S/C7H16O5S/c1-10-2-3-11-4-5-12-6-7-13(8)9/h13H,2-7H2,1H3. The molecule has 0 aromatic carbocycles. The molecule has 0 aliphatic rings. The van der Waals surface area contributed by atoms with Crippen LogP contribution in [0.4, 0.5) is 0 Å². The molecule has 0 amide bonds. The molecule has 0 rings (SSSR count). The van der Waals surface area contributed by atoms with Gasteiger partial charge in [0.15, 0.2) is 0 Å². The molecule has 0 N–H and O–H groups in total. The third-order valence-corrected chi connectivity index (χ3v) is 1.77. The Bertz CT molecular complexity index is 160. The SMILES string of the molecule is COCCOCCOCC[SH](=O)=O. The zero-order chi connectivity index (χ0) is 9.94. The van der Waals surface area contributed by atoms with Crippen LogP contribution in [-0.4, -0.2) is 54.3 Å². The molecule has 0 fully saturated rings. The van der Waals surface area contributed by atoms with Crippen LogP contribution in [0.5, 0.6) is 0 Å². The van der Waals surface area contributed by atoms with Crippen molar-refractivity contribution in [2.24, 2.45) is 0 Å². The van der Waals surface area contributed by atoms with Crippen molar-refractivity contribution in [3.8, 4) is 0 Å². The predicted molar refractivity (Wildman–Crippen MR) is 48.7 cm³/mol. The third kappa shape index (κ3) is 11.8. The molecule has 0 aromatic rings. The van der Waals surface area contributed by atoms with Gasteiger partial charge in [-0.15, -0.1) is 0 Å². The fourth-order valence-electron chi connectivity index (χ4n) is 0.603. The molecule has 0 heterocycles. The van der Waals surface area contributed by atoms with E-state index >= 15 is 0 Å². The van der Waals surface area contributed by atoms with Crippen LogP contribution in [0, 0.1) is 0 Å². The average molecular weight is 212 g/mol. The maximum atomic E-state index is 10.1. The van der Waals surface area contributed by atoms with Crippen molar-refractivity contribution >= 4 is 10.7 Å². The van der Waals surface area contributed by atoms with E-state index in [0.717, 1.165) is 0 Å². The Morgan fingerprint density at radius 3 is 2.00 bits per heavy atom. The first-order valence-electron chi connectivity index (χ1n) is 4.03. The monoisotopic (exact) mass is 212 g/mol. The summed E-state index contributed by atoms with van der Waals surface area (Å²) in [5.41, 5.74) is 0. The summed E-state index contributed by atoms with van der Waals surface area (Å²) in [6, 6.07) is 0. The first kappa shape index (κ1) is 12.8. The lowest BCUT2D eigenvalue weighted by Crippen LogP contribution is -2.10. The van der Waals surface area contributed by atoms with Crippen molar-refractivity contribution < 1.29 is 22.6 Å². The molecule has 5 nitrogen and oxygen atoms in total. The van der Waals surface area contributed by atoms with E-state index in [1.54, 1.807) is 7.11 Å². The van der Waals surface area contributed by atoms with E-state index in [9.17, 15) is 8.42 Å². The summed E-state index contributed by atoms with van der Waals surface area (Å²) >= 11 is 0. The maximum Gasteiger partial charge on any atom is 0.142 e. The third-order valence-electron chi connectivity index (χ3n) is 1.22. The topological polar surface area (TPSA) is 61.8 Å². The van der Waals surface area contributed by atoms with Crippen molar-refractivity contribution in [2.75, 3.05) is 45.9 Å². The highest BCUT2D eigenvalue weighted by molar-refractivity contribution is 7.72. The van der Waals surface area contributed by atoms with Crippen LogP contribution in [0.2, 0.25) is 0 Å². The molecule has 0 bridgehead atoms. The number of hydrogen-bond acceptors (Lipinski definition) is 5. The highest BCUT2D eigenvalue weighted by Gasteiger charge is 1.90. The Kier molecular flexibility index (Phi) is 9.78. The number of hydrogen-bond donors (Lipinski definition) is 1. The lowest BCUT2D eigenvalue weighted by molar-refractivity contribution is 0.0285. The fourth-order valence-corrected chi connectivity index (χ4v) is 0.881. The molecule has 0 aromatic heterocycles. The van der Waals surface area contributed by atoms with Gasteiger partial charge < -0.3 is 14.2 Å². The van der Waals surface area contributed by atoms with Gasteiger partial charge in [-0.05, 0) is 0 Å². The lowest BCUT2D eigenvalue weighted by atomic mass is 10.7. The molecule has 0 saturated heterocycles. The van der Waals surface area contributed by atoms with E-state index in [0.29, 0.717) is 26.4 Å². The largest absolute Gasteiger partial charge is 0.382 e. The summed E-state index contributed by atoms with van der Waals surface area (Å²) in [4.78, 5) is 0. The molecular weight excluding hydrogens is 196 g/mol. The normalized spacial score (nSPS) is 10.9. The minimum absolute atomic E-state index is 0.0768. The number of thiol groups is 1. The van der Waals surface area contributed by atoms with E-state index < -0.39 is 10.7 Å². The number of rotatable bonds is 9. The maximum absolute atomic E-state index is 10.1. The molecule has 13 heavy (non-hydrogen) atoms. The fraction of sp³-hybridized carbons (Fsp3) is 1.00. The molecule has 0 saturated carbocycles. The average Bonchev–Trinajstić information content (AvgIpc) is 2.09. The van der Waals surface area contributed by atoms with Crippen LogP contribution in [0.25, 0.3) is 0 Å². The Hall–Kier alpha value is -0.170. The van der Waals surface area contributed by atoms with Crippen LogP contribution < -0.4 is 0 Å². The second-order valence-corrected chi connectivity index (χ2v) is 3.39. The zero-order valence-corrected chi connectivity index (χ0v) is 8.63. The Balaban J connectivity index is 2.91. The predicted octanol–water partition coefficient (Wildman–Crippen LogP) is -0.723. The first-order chi connectivity index (χ1) is 6.27. The summed E-state index contributed by atoms with van der Waals surface area (Å²) in [7, 11) is -0.715. The van der Waals surface area contributed by atoms with Crippen LogP contribution >= 0.6 is 0 Å². The van der Waals surface area contributed by atoms with Crippen LogP contribution in [0.15, 0.2) is 0 Å². The first-order valence-corrected chi connectivity index (χ1v) is 5.40. The smallest absolute Gasteiger partial charge is 0.142 e. The van der Waals surface area contributed by atoms with Gasteiger partial charge in [0, 0.05) is 7.11 Å². The minimum Gasteiger partial charge on any atom is -0.382 e. The molecule has 6 heteroatoms. The lowest BCUT2D eigenvalue weighted by Gasteiger charge is -2.03.